The van der Waals surface area contributed by atoms with Crippen LogP contribution in [0.5, 0.6) is 0 Å². The van der Waals surface area contributed by atoms with Gasteiger partial charge in [-0.25, -0.2) is 0 Å². The second-order valence-electron chi connectivity index (χ2n) is 4.34. The normalized spacial score (nSPS) is 11.4. The van der Waals surface area contributed by atoms with E-state index in [0.717, 1.165) is 10.5 Å². The van der Waals surface area contributed by atoms with Gasteiger partial charge in [-0.2, -0.15) is 0 Å². The molecule has 0 aliphatic carbocycles. The fourth-order valence-electron chi connectivity index (χ4n) is 1.78. The molecule has 2 rings (SSSR count). The first-order chi connectivity index (χ1) is 10.0. The number of nitrogens with zero attached hydrogens (tertiary/aromatic N) is 2. The first-order valence-corrected chi connectivity index (χ1v) is 6.84. The number of oxime groups is 1. The molecular weight excluding hydrogens is 290 g/mol. The second-order valence-corrected chi connectivity index (χ2v) is 5.46. The second kappa shape index (κ2) is 6.27. The first-order valence-electron chi connectivity index (χ1n) is 6.02. The Balaban J connectivity index is 2.45. The Morgan fingerprint density at radius 1 is 1.33 bits per heavy atom. The molecule has 2 aromatic carbocycles. The molecule has 0 atom stereocenters. The molecule has 0 aliphatic heterocycles. The molecule has 0 saturated heterocycles. The molecular formula is C14H13N3O3S. The first kappa shape index (κ1) is 14.9. The van der Waals surface area contributed by atoms with Crippen molar-refractivity contribution in [1.82, 2.24) is 0 Å². The van der Waals surface area contributed by atoms with Gasteiger partial charge >= 0.3 is 0 Å². The van der Waals surface area contributed by atoms with Crippen LogP contribution in [0.4, 0.5) is 5.69 Å². The highest BCUT2D eigenvalue weighted by Gasteiger charge is 2.15. The molecule has 0 unspecified atom stereocenters. The van der Waals surface area contributed by atoms with Gasteiger partial charge in [0.1, 0.15) is 0 Å². The van der Waals surface area contributed by atoms with Gasteiger partial charge in [0.2, 0.25) is 0 Å². The van der Waals surface area contributed by atoms with E-state index >= 15 is 0 Å². The third kappa shape index (κ3) is 3.51. The van der Waals surface area contributed by atoms with Gasteiger partial charge in [0.15, 0.2) is 5.84 Å². The molecule has 0 fully saturated rings. The fourth-order valence-corrected chi connectivity index (χ4v) is 2.84. The Hall–Kier alpha value is -2.54. The minimum atomic E-state index is -0.519. The molecule has 21 heavy (non-hydrogen) atoms. The highest BCUT2D eigenvalue weighted by atomic mass is 32.2. The van der Waals surface area contributed by atoms with Crippen LogP contribution in [0.3, 0.4) is 0 Å². The van der Waals surface area contributed by atoms with E-state index in [1.165, 1.54) is 23.9 Å². The van der Waals surface area contributed by atoms with Crippen LogP contribution < -0.4 is 5.73 Å². The van der Waals surface area contributed by atoms with Gasteiger partial charge in [-0.1, -0.05) is 34.6 Å². The summed E-state index contributed by atoms with van der Waals surface area (Å²) in [6.45, 7) is 1.98. The number of nitro groups is 1. The van der Waals surface area contributed by atoms with Crippen LogP contribution in [-0.4, -0.2) is 16.0 Å². The molecule has 0 aliphatic rings. The minimum Gasteiger partial charge on any atom is -0.409 e. The molecule has 0 aromatic heterocycles. The summed E-state index contributed by atoms with van der Waals surface area (Å²) in [6, 6.07) is 12.1. The predicted octanol–water partition coefficient (Wildman–Crippen LogP) is 3.15. The van der Waals surface area contributed by atoms with E-state index in [4.69, 9.17) is 10.9 Å². The number of nitro benzene ring substituents is 1. The Morgan fingerprint density at radius 3 is 2.71 bits per heavy atom. The number of hydrogen-bond acceptors (Lipinski definition) is 5. The number of non-ortho nitro benzene ring substituents is 1. The molecule has 0 radical (unpaired) electrons. The van der Waals surface area contributed by atoms with Crippen LogP contribution in [0.25, 0.3) is 0 Å². The number of aryl methyl sites for hydroxylation is 1. The lowest BCUT2D eigenvalue weighted by Gasteiger charge is -2.08. The summed E-state index contributed by atoms with van der Waals surface area (Å²) in [6.07, 6.45) is 0. The molecule has 0 amide bonds. The molecule has 6 nitrogen and oxygen atoms in total. The van der Waals surface area contributed by atoms with Crippen LogP contribution in [0, 0.1) is 17.0 Å². The maximum Gasteiger partial charge on any atom is 0.270 e. The standard InChI is InChI=1S/C14H13N3O3S/c1-9-3-2-4-11(7-9)21-13-6-5-10(17(19)20)8-12(13)14(15)16-18/h2-8,18H,1H3,(H2,15,16). The van der Waals surface area contributed by atoms with E-state index in [2.05, 4.69) is 5.16 Å². The summed E-state index contributed by atoms with van der Waals surface area (Å²) < 4.78 is 0. The van der Waals surface area contributed by atoms with Crippen molar-refractivity contribution in [3.63, 3.8) is 0 Å². The van der Waals surface area contributed by atoms with Crippen molar-refractivity contribution >= 4 is 23.3 Å². The van der Waals surface area contributed by atoms with Crippen LogP contribution in [0.1, 0.15) is 11.1 Å². The smallest absolute Gasteiger partial charge is 0.270 e. The van der Waals surface area contributed by atoms with Crippen molar-refractivity contribution in [2.45, 2.75) is 16.7 Å². The Bertz CT molecular complexity index is 716. The SMILES string of the molecule is Cc1cccc(Sc2ccc([N+](=O)[O-])cc2C(N)=NO)c1. The zero-order chi connectivity index (χ0) is 15.4. The predicted molar refractivity (Wildman–Crippen MR) is 80.9 cm³/mol. The Labute approximate surface area is 125 Å². The maximum atomic E-state index is 10.8. The van der Waals surface area contributed by atoms with Crippen molar-refractivity contribution in [1.29, 1.82) is 0 Å². The summed E-state index contributed by atoms with van der Waals surface area (Å²) in [5.74, 6) is -0.158. The zero-order valence-corrected chi connectivity index (χ0v) is 12.0. The summed E-state index contributed by atoms with van der Waals surface area (Å²) in [4.78, 5) is 12.0. The van der Waals surface area contributed by atoms with Gasteiger partial charge < -0.3 is 10.9 Å². The fraction of sp³-hybridized carbons (Fsp3) is 0.0714. The third-order valence-electron chi connectivity index (χ3n) is 2.78. The molecule has 7 heteroatoms. The molecule has 0 saturated carbocycles. The third-order valence-corrected chi connectivity index (χ3v) is 3.84. The topological polar surface area (TPSA) is 102 Å². The van der Waals surface area contributed by atoms with Crippen LogP contribution in [-0.2, 0) is 0 Å². The number of hydrogen-bond donors (Lipinski definition) is 2. The lowest BCUT2D eigenvalue weighted by molar-refractivity contribution is -0.384. The van der Waals surface area contributed by atoms with E-state index in [1.807, 2.05) is 31.2 Å². The molecule has 2 aromatic rings. The zero-order valence-electron chi connectivity index (χ0n) is 11.2. The quantitative estimate of drug-likeness (QED) is 0.297. The van der Waals surface area contributed by atoms with E-state index in [0.29, 0.717) is 10.5 Å². The molecule has 0 bridgehead atoms. The van der Waals surface area contributed by atoms with Crippen molar-refractivity contribution in [2.75, 3.05) is 0 Å². The van der Waals surface area contributed by atoms with E-state index < -0.39 is 4.92 Å². The molecule has 0 spiro atoms. The summed E-state index contributed by atoms with van der Waals surface area (Å²) in [5, 5.41) is 22.6. The van der Waals surface area contributed by atoms with E-state index in [-0.39, 0.29) is 11.5 Å². The van der Waals surface area contributed by atoms with Gasteiger partial charge in [-0.05, 0) is 25.1 Å². The summed E-state index contributed by atoms with van der Waals surface area (Å²) in [5.41, 5.74) is 6.94. The van der Waals surface area contributed by atoms with Gasteiger partial charge in [-0.3, -0.25) is 10.1 Å². The monoisotopic (exact) mass is 303 g/mol. The van der Waals surface area contributed by atoms with Crippen LogP contribution in [0.2, 0.25) is 0 Å². The average molecular weight is 303 g/mol. The molecule has 3 N–H and O–H groups in total. The minimum absolute atomic E-state index is 0.106. The lowest BCUT2D eigenvalue weighted by atomic mass is 10.2. The van der Waals surface area contributed by atoms with Crippen molar-refractivity contribution in [3.05, 3.63) is 63.7 Å². The van der Waals surface area contributed by atoms with Crippen molar-refractivity contribution < 1.29 is 10.1 Å². The number of nitrogens with two attached hydrogens (primary N) is 1. The van der Waals surface area contributed by atoms with Crippen molar-refractivity contribution in [2.24, 2.45) is 10.9 Å². The molecule has 108 valence electrons. The summed E-state index contributed by atoms with van der Waals surface area (Å²) >= 11 is 1.40. The maximum absolute atomic E-state index is 10.8. The lowest BCUT2D eigenvalue weighted by Crippen LogP contribution is -2.14. The van der Waals surface area contributed by atoms with Gasteiger partial charge in [0.05, 0.1) is 4.92 Å². The van der Waals surface area contributed by atoms with Gasteiger partial charge in [-0.15, -0.1) is 0 Å². The average Bonchev–Trinajstić information content (AvgIpc) is 2.46. The van der Waals surface area contributed by atoms with E-state index in [1.54, 1.807) is 6.07 Å². The number of amidine groups is 1. The Morgan fingerprint density at radius 2 is 2.10 bits per heavy atom. The largest absolute Gasteiger partial charge is 0.409 e. The Kier molecular flexibility index (Phi) is 4.44. The molecule has 0 heterocycles. The van der Waals surface area contributed by atoms with Crippen molar-refractivity contribution in [3.8, 4) is 0 Å². The number of rotatable bonds is 4. The highest BCUT2D eigenvalue weighted by molar-refractivity contribution is 7.99. The van der Waals surface area contributed by atoms with Gasteiger partial charge in [0.25, 0.3) is 5.69 Å². The number of benzene rings is 2. The summed E-state index contributed by atoms with van der Waals surface area (Å²) in [7, 11) is 0. The van der Waals surface area contributed by atoms with Crippen LogP contribution in [0.15, 0.2) is 57.4 Å². The highest BCUT2D eigenvalue weighted by Crippen LogP contribution is 2.32. The van der Waals surface area contributed by atoms with Crippen LogP contribution >= 0.6 is 11.8 Å². The van der Waals surface area contributed by atoms with Gasteiger partial charge in [0, 0.05) is 27.5 Å². The van der Waals surface area contributed by atoms with E-state index in [9.17, 15) is 10.1 Å².